The highest BCUT2D eigenvalue weighted by atomic mass is 35.5. The number of hydrogen-bond acceptors (Lipinski definition) is 4. The number of hydrogen-bond donors (Lipinski definition) is 2. The van der Waals surface area contributed by atoms with Crippen molar-refractivity contribution >= 4 is 29.2 Å². The Morgan fingerprint density at radius 1 is 1.32 bits per heavy atom. The fraction of sp³-hybridized carbons (Fsp3) is 0.556. The Morgan fingerprint density at radius 3 is 2.64 bits per heavy atom. The Morgan fingerprint density at radius 2 is 2.00 bits per heavy atom. The first-order valence-corrected chi connectivity index (χ1v) is 8.97. The predicted octanol–water partition coefficient (Wildman–Crippen LogP) is 2.54. The van der Waals surface area contributed by atoms with Crippen molar-refractivity contribution in [3.8, 4) is 0 Å². The van der Waals surface area contributed by atoms with Crippen LogP contribution in [-0.4, -0.2) is 65.5 Å². The molecule has 0 bridgehead atoms. The second kappa shape index (κ2) is 9.17. The fourth-order valence-corrected chi connectivity index (χ4v) is 3.34. The summed E-state index contributed by atoms with van der Waals surface area (Å²) in [5, 5.41) is 12.5. The average molecular weight is 368 g/mol. The number of nitrogens with one attached hydrogen (secondary N) is 1. The standard InChI is InChI=1S/C18H26ClN3O3/c1-13(18(25)20-15-7-5-14(19)6-8-15)22-10-3-4-16(9-11-22)21(2)12-17(23)24/h5-8,13,16H,3-4,9-12H2,1-2H3,(H,20,25)(H,23,24). The minimum Gasteiger partial charge on any atom is -0.480 e. The number of halogens is 1. The number of carbonyl (C=O) groups excluding carboxylic acids is 1. The maximum Gasteiger partial charge on any atom is 0.317 e. The molecule has 2 atom stereocenters. The molecule has 1 heterocycles. The van der Waals surface area contributed by atoms with Crippen LogP contribution in [0.1, 0.15) is 26.2 Å². The van der Waals surface area contributed by atoms with E-state index >= 15 is 0 Å². The van der Waals surface area contributed by atoms with Gasteiger partial charge in [0.05, 0.1) is 12.6 Å². The van der Waals surface area contributed by atoms with Crippen LogP contribution in [0.5, 0.6) is 0 Å². The van der Waals surface area contributed by atoms with Crippen LogP contribution in [-0.2, 0) is 9.59 Å². The molecule has 0 saturated carbocycles. The number of carboxylic acids is 1. The zero-order valence-corrected chi connectivity index (χ0v) is 15.5. The van der Waals surface area contributed by atoms with Crippen molar-refractivity contribution < 1.29 is 14.7 Å². The highest BCUT2D eigenvalue weighted by Crippen LogP contribution is 2.19. The van der Waals surface area contributed by atoms with E-state index in [4.69, 9.17) is 16.7 Å². The molecular weight excluding hydrogens is 342 g/mol. The molecule has 25 heavy (non-hydrogen) atoms. The average Bonchev–Trinajstić information content (AvgIpc) is 2.81. The summed E-state index contributed by atoms with van der Waals surface area (Å²) in [7, 11) is 1.85. The number of carboxylic acid groups (broad SMARTS) is 1. The molecule has 1 saturated heterocycles. The number of aliphatic carboxylic acids is 1. The molecule has 1 aromatic carbocycles. The van der Waals surface area contributed by atoms with Gasteiger partial charge < -0.3 is 10.4 Å². The number of anilines is 1. The molecule has 1 aromatic rings. The molecule has 1 amide bonds. The number of carbonyl (C=O) groups is 2. The molecule has 0 spiro atoms. The lowest BCUT2D eigenvalue weighted by molar-refractivity contribution is -0.138. The van der Waals surface area contributed by atoms with Gasteiger partial charge in [0.15, 0.2) is 0 Å². The Kier molecular flexibility index (Phi) is 7.23. The van der Waals surface area contributed by atoms with Crippen molar-refractivity contribution in [3.05, 3.63) is 29.3 Å². The van der Waals surface area contributed by atoms with Crippen LogP contribution in [0.15, 0.2) is 24.3 Å². The Hall–Kier alpha value is -1.63. The van der Waals surface area contributed by atoms with Crippen molar-refractivity contribution in [3.63, 3.8) is 0 Å². The molecule has 7 heteroatoms. The lowest BCUT2D eigenvalue weighted by atomic mass is 10.1. The predicted molar refractivity (Wildman–Crippen MR) is 99.0 cm³/mol. The van der Waals surface area contributed by atoms with Crippen LogP contribution in [0.2, 0.25) is 5.02 Å². The summed E-state index contributed by atoms with van der Waals surface area (Å²) in [4.78, 5) is 27.4. The van der Waals surface area contributed by atoms with Crippen LogP contribution in [0.3, 0.4) is 0 Å². The smallest absolute Gasteiger partial charge is 0.317 e. The monoisotopic (exact) mass is 367 g/mol. The summed E-state index contributed by atoms with van der Waals surface area (Å²) in [6.07, 6.45) is 2.77. The minimum atomic E-state index is -0.806. The highest BCUT2D eigenvalue weighted by molar-refractivity contribution is 6.30. The molecule has 1 fully saturated rings. The van der Waals surface area contributed by atoms with E-state index in [1.165, 1.54) is 0 Å². The molecular formula is C18H26ClN3O3. The van der Waals surface area contributed by atoms with Gasteiger partial charge in [-0.25, -0.2) is 0 Å². The van der Waals surface area contributed by atoms with Crippen LogP contribution >= 0.6 is 11.6 Å². The minimum absolute atomic E-state index is 0.0420. The number of rotatable bonds is 6. The summed E-state index contributed by atoms with van der Waals surface area (Å²) in [6.45, 7) is 3.58. The maximum atomic E-state index is 12.5. The van der Waals surface area contributed by atoms with Gasteiger partial charge in [-0.2, -0.15) is 0 Å². The molecule has 6 nitrogen and oxygen atoms in total. The van der Waals surface area contributed by atoms with Gasteiger partial charge in [0.1, 0.15) is 0 Å². The summed E-state index contributed by atoms with van der Waals surface area (Å²) in [5.41, 5.74) is 0.732. The lowest BCUT2D eigenvalue weighted by Crippen LogP contribution is -2.43. The van der Waals surface area contributed by atoms with Crippen molar-refractivity contribution in [1.82, 2.24) is 9.80 Å². The zero-order valence-electron chi connectivity index (χ0n) is 14.7. The second-order valence-corrected chi connectivity index (χ2v) is 7.04. The van der Waals surface area contributed by atoms with Gasteiger partial charge in [-0.15, -0.1) is 0 Å². The van der Waals surface area contributed by atoms with E-state index in [0.717, 1.165) is 38.0 Å². The number of nitrogens with zero attached hydrogens (tertiary/aromatic N) is 2. The van der Waals surface area contributed by atoms with E-state index in [9.17, 15) is 9.59 Å². The summed E-state index contributed by atoms with van der Waals surface area (Å²) in [5.74, 6) is -0.848. The van der Waals surface area contributed by atoms with E-state index in [1.54, 1.807) is 24.3 Å². The van der Waals surface area contributed by atoms with Gasteiger partial charge in [-0.05, 0) is 64.0 Å². The normalized spacial score (nSPS) is 20.1. The molecule has 0 aromatic heterocycles. The molecule has 0 radical (unpaired) electrons. The first-order chi connectivity index (χ1) is 11.9. The second-order valence-electron chi connectivity index (χ2n) is 6.60. The SMILES string of the molecule is CC(C(=O)Nc1ccc(Cl)cc1)N1CCCC(N(C)CC(=O)O)CC1. The molecule has 2 rings (SSSR count). The topological polar surface area (TPSA) is 72.9 Å². The summed E-state index contributed by atoms with van der Waals surface area (Å²) >= 11 is 5.86. The van der Waals surface area contributed by atoms with Crippen molar-refractivity contribution in [2.45, 2.75) is 38.3 Å². The number of likely N-dealkylation sites (N-methyl/N-ethyl adjacent to an activating group) is 1. The third-order valence-electron chi connectivity index (χ3n) is 4.78. The summed E-state index contributed by atoms with van der Waals surface area (Å²) in [6, 6.07) is 7.07. The van der Waals surface area contributed by atoms with Crippen LogP contribution < -0.4 is 5.32 Å². The van der Waals surface area contributed by atoms with E-state index in [2.05, 4.69) is 10.2 Å². The number of likely N-dealkylation sites (tertiary alicyclic amines) is 1. The summed E-state index contributed by atoms with van der Waals surface area (Å²) < 4.78 is 0. The van der Waals surface area contributed by atoms with Crippen molar-refractivity contribution in [2.24, 2.45) is 0 Å². The number of amides is 1. The first kappa shape index (κ1) is 19.7. The zero-order chi connectivity index (χ0) is 18.4. The van der Waals surface area contributed by atoms with Gasteiger partial charge in [0.25, 0.3) is 0 Å². The van der Waals surface area contributed by atoms with E-state index in [1.807, 2.05) is 18.9 Å². The molecule has 138 valence electrons. The van der Waals surface area contributed by atoms with Crippen LogP contribution in [0.4, 0.5) is 5.69 Å². The molecule has 1 aliphatic rings. The highest BCUT2D eigenvalue weighted by Gasteiger charge is 2.26. The van der Waals surface area contributed by atoms with Gasteiger partial charge >= 0.3 is 5.97 Å². The number of benzene rings is 1. The Balaban J connectivity index is 1.89. The van der Waals surface area contributed by atoms with Crippen LogP contribution in [0, 0.1) is 0 Å². The molecule has 2 N–H and O–H groups in total. The first-order valence-electron chi connectivity index (χ1n) is 8.59. The quantitative estimate of drug-likeness (QED) is 0.808. The lowest BCUT2D eigenvalue weighted by Gasteiger charge is -2.28. The van der Waals surface area contributed by atoms with Gasteiger partial charge in [0, 0.05) is 23.3 Å². The maximum absolute atomic E-state index is 12.5. The Bertz CT molecular complexity index is 594. The van der Waals surface area contributed by atoms with Gasteiger partial charge in [0.2, 0.25) is 5.91 Å². The van der Waals surface area contributed by atoms with Crippen LogP contribution in [0.25, 0.3) is 0 Å². The van der Waals surface area contributed by atoms with E-state index in [0.29, 0.717) is 5.02 Å². The van der Waals surface area contributed by atoms with Crippen molar-refractivity contribution in [2.75, 3.05) is 32.0 Å². The fourth-order valence-electron chi connectivity index (χ4n) is 3.22. The van der Waals surface area contributed by atoms with Gasteiger partial charge in [-0.1, -0.05) is 11.6 Å². The van der Waals surface area contributed by atoms with E-state index in [-0.39, 0.29) is 24.5 Å². The van der Waals surface area contributed by atoms with Crippen molar-refractivity contribution in [1.29, 1.82) is 0 Å². The van der Waals surface area contributed by atoms with E-state index < -0.39 is 5.97 Å². The third-order valence-corrected chi connectivity index (χ3v) is 5.03. The Labute approximate surface area is 153 Å². The molecule has 0 aliphatic carbocycles. The molecule has 1 aliphatic heterocycles. The largest absolute Gasteiger partial charge is 0.480 e. The third kappa shape index (κ3) is 5.99. The molecule has 2 unspecified atom stereocenters. The van der Waals surface area contributed by atoms with Gasteiger partial charge in [-0.3, -0.25) is 19.4 Å².